The normalized spacial score (nSPS) is 17.8. The van der Waals surface area contributed by atoms with Crippen LogP contribution in [0.2, 0.25) is 0 Å². The summed E-state index contributed by atoms with van der Waals surface area (Å²) in [6.07, 6.45) is 0.917. The Bertz CT molecular complexity index is 89.5. The average molecular weight is 217 g/mol. The van der Waals surface area contributed by atoms with Crippen molar-refractivity contribution in [3.8, 4) is 0 Å². The Kier molecular flexibility index (Phi) is 11.9. The number of aliphatic hydroxyl groups excluding tert-OH is 1. The quantitative estimate of drug-likeness (QED) is 0.704. The molecule has 0 aromatic carbocycles. The van der Waals surface area contributed by atoms with E-state index in [4.69, 9.17) is 5.11 Å². The minimum absolute atomic E-state index is 0. The molecule has 1 saturated heterocycles. The third-order valence-corrected chi connectivity index (χ3v) is 1.84. The fourth-order valence-electron chi connectivity index (χ4n) is 1.23. The first-order valence-corrected chi connectivity index (χ1v) is 3.97. The van der Waals surface area contributed by atoms with Crippen LogP contribution in [0.1, 0.15) is 6.42 Å². The molecule has 5 heteroatoms. The molecular formula is C7H18Cl2N2O. The smallest absolute Gasteiger partial charge is 0.0443 e. The molecule has 0 saturated carbocycles. The van der Waals surface area contributed by atoms with E-state index >= 15 is 0 Å². The number of aliphatic hydroxyl groups is 1. The van der Waals surface area contributed by atoms with E-state index in [0.717, 1.165) is 39.1 Å². The third-order valence-electron chi connectivity index (χ3n) is 1.84. The average Bonchev–Trinajstić information content (AvgIpc) is 2.03. The Morgan fingerprint density at radius 2 is 1.75 bits per heavy atom. The number of nitrogens with one attached hydrogen (secondary N) is 1. The minimum atomic E-state index is 0. The maximum absolute atomic E-state index is 8.55. The third kappa shape index (κ3) is 6.03. The lowest BCUT2D eigenvalue weighted by atomic mass is 10.3. The molecule has 76 valence electrons. The molecule has 0 spiro atoms. The van der Waals surface area contributed by atoms with Gasteiger partial charge in [-0.25, -0.2) is 0 Å². The largest absolute Gasteiger partial charge is 0.396 e. The fourth-order valence-corrected chi connectivity index (χ4v) is 1.23. The van der Waals surface area contributed by atoms with Gasteiger partial charge in [0, 0.05) is 39.3 Å². The molecule has 1 rings (SSSR count). The lowest BCUT2D eigenvalue weighted by Gasteiger charge is -2.26. The Labute approximate surface area is 86.3 Å². The summed E-state index contributed by atoms with van der Waals surface area (Å²) in [5.74, 6) is 0. The Balaban J connectivity index is 0. The second-order valence-corrected chi connectivity index (χ2v) is 2.67. The molecule has 12 heavy (non-hydrogen) atoms. The van der Waals surface area contributed by atoms with E-state index in [2.05, 4.69) is 10.2 Å². The van der Waals surface area contributed by atoms with Crippen LogP contribution < -0.4 is 5.32 Å². The molecule has 2 N–H and O–H groups in total. The highest BCUT2D eigenvalue weighted by Gasteiger charge is 2.07. The van der Waals surface area contributed by atoms with E-state index < -0.39 is 0 Å². The van der Waals surface area contributed by atoms with Gasteiger partial charge in [-0.05, 0) is 6.42 Å². The summed E-state index contributed by atoms with van der Waals surface area (Å²) in [6.45, 7) is 5.86. The maximum atomic E-state index is 8.55. The highest BCUT2D eigenvalue weighted by molar-refractivity contribution is 5.85. The zero-order valence-corrected chi connectivity index (χ0v) is 8.79. The number of nitrogens with zero attached hydrogens (tertiary/aromatic N) is 1. The van der Waals surface area contributed by atoms with Crippen molar-refractivity contribution in [2.45, 2.75) is 6.42 Å². The number of piperazine rings is 1. The van der Waals surface area contributed by atoms with Crippen LogP contribution in [0.25, 0.3) is 0 Å². The number of hydrogen-bond donors (Lipinski definition) is 2. The second-order valence-electron chi connectivity index (χ2n) is 2.67. The van der Waals surface area contributed by atoms with E-state index in [9.17, 15) is 0 Å². The second kappa shape index (κ2) is 9.55. The van der Waals surface area contributed by atoms with Crippen molar-refractivity contribution in [2.75, 3.05) is 39.3 Å². The van der Waals surface area contributed by atoms with Crippen molar-refractivity contribution in [3.63, 3.8) is 0 Å². The van der Waals surface area contributed by atoms with E-state index in [0.29, 0.717) is 6.61 Å². The van der Waals surface area contributed by atoms with Gasteiger partial charge in [-0.15, -0.1) is 24.8 Å². The zero-order chi connectivity index (χ0) is 7.23. The fraction of sp³-hybridized carbons (Fsp3) is 1.00. The van der Waals surface area contributed by atoms with E-state index in [-0.39, 0.29) is 24.8 Å². The van der Waals surface area contributed by atoms with Gasteiger partial charge in [-0.1, -0.05) is 0 Å². The molecular weight excluding hydrogens is 199 g/mol. The number of rotatable bonds is 3. The number of halogens is 2. The Morgan fingerprint density at radius 3 is 2.25 bits per heavy atom. The van der Waals surface area contributed by atoms with Gasteiger partial charge < -0.3 is 15.3 Å². The molecule has 1 aliphatic heterocycles. The van der Waals surface area contributed by atoms with Crippen LogP contribution in [0.3, 0.4) is 0 Å². The number of hydrogen-bond acceptors (Lipinski definition) is 3. The minimum Gasteiger partial charge on any atom is -0.396 e. The predicted octanol–water partition coefficient (Wildman–Crippen LogP) is 0.118. The molecule has 0 aromatic heterocycles. The van der Waals surface area contributed by atoms with E-state index in [1.54, 1.807) is 0 Å². The molecule has 0 amide bonds. The van der Waals surface area contributed by atoms with Gasteiger partial charge in [-0.2, -0.15) is 0 Å². The highest BCUT2D eigenvalue weighted by atomic mass is 35.5. The molecule has 0 bridgehead atoms. The van der Waals surface area contributed by atoms with Crippen molar-refractivity contribution >= 4 is 24.8 Å². The summed E-state index contributed by atoms with van der Waals surface area (Å²) >= 11 is 0. The Morgan fingerprint density at radius 1 is 1.17 bits per heavy atom. The maximum Gasteiger partial charge on any atom is 0.0443 e. The van der Waals surface area contributed by atoms with Crippen LogP contribution in [-0.4, -0.2) is 49.3 Å². The lowest BCUT2D eigenvalue weighted by molar-refractivity contribution is 0.206. The van der Waals surface area contributed by atoms with Crippen molar-refractivity contribution in [1.82, 2.24) is 10.2 Å². The summed E-state index contributed by atoms with van der Waals surface area (Å²) in [6, 6.07) is 0. The zero-order valence-electron chi connectivity index (χ0n) is 7.16. The van der Waals surface area contributed by atoms with Gasteiger partial charge in [0.15, 0.2) is 0 Å². The van der Waals surface area contributed by atoms with E-state index in [1.807, 2.05) is 0 Å². The van der Waals surface area contributed by atoms with Gasteiger partial charge in [0.05, 0.1) is 0 Å². The molecule has 1 aliphatic rings. The molecule has 0 atom stereocenters. The van der Waals surface area contributed by atoms with Crippen LogP contribution in [-0.2, 0) is 0 Å². The molecule has 1 heterocycles. The van der Waals surface area contributed by atoms with Crippen LogP contribution in [0.15, 0.2) is 0 Å². The summed E-state index contributed by atoms with van der Waals surface area (Å²) in [5.41, 5.74) is 0. The van der Waals surface area contributed by atoms with Gasteiger partial charge in [-0.3, -0.25) is 0 Å². The van der Waals surface area contributed by atoms with Gasteiger partial charge in [0.1, 0.15) is 0 Å². The molecule has 0 radical (unpaired) electrons. The molecule has 3 nitrogen and oxygen atoms in total. The first-order valence-electron chi connectivity index (χ1n) is 3.97. The molecule has 1 fully saturated rings. The van der Waals surface area contributed by atoms with Crippen LogP contribution >= 0.6 is 24.8 Å². The summed E-state index contributed by atoms with van der Waals surface area (Å²) in [4.78, 5) is 2.38. The van der Waals surface area contributed by atoms with Crippen LogP contribution in [0.5, 0.6) is 0 Å². The van der Waals surface area contributed by atoms with Crippen molar-refractivity contribution in [3.05, 3.63) is 0 Å². The monoisotopic (exact) mass is 216 g/mol. The first-order chi connectivity index (χ1) is 4.93. The Hall–Kier alpha value is 0.460. The molecule has 0 aromatic rings. The van der Waals surface area contributed by atoms with Crippen molar-refractivity contribution in [1.29, 1.82) is 0 Å². The first kappa shape index (κ1) is 15.0. The van der Waals surface area contributed by atoms with Gasteiger partial charge >= 0.3 is 0 Å². The summed E-state index contributed by atoms with van der Waals surface area (Å²) < 4.78 is 0. The van der Waals surface area contributed by atoms with Gasteiger partial charge in [0.25, 0.3) is 0 Å². The van der Waals surface area contributed by atoms with E-state index in [1.165, 1.54) is 0 Å². The van der Waals surface area contributed by atoms with Gasteiger partial charge in [0.2, 0.25) is 0 Å². The lowest BCUT2D eigenvalue weighted by Crippen LogP contribution is -2.43. The summed E-state index contributed by atoms with van der Waals surface area (Å²) in [7, 11) is 0. The van der Waals surface area contributed by atoms with Crippen molar-refractivity contribution < 1.29 is 5.11 Å². The van der Waals surface area contributed by atoms with Crippen molar-refractivity contribution in [2.24, 2.45) is 0 Å². The SMILES string of the molecule is Cl.Cl.OCCCN1CCNCC1. The predicted molar refractivity (Wildman–Crippen MR) is 55.5 cm³/mol. The topological polar surface area (TPSA) is 35.5 Å². The standard InChI is InChI=1S/C7H16N2O.2ClH/c10-7-1-4-9-5-2-8-3-6-9;;/h8,10H,1-7H2;2*1H. The summed E-state index contributed by atoms with van der Waals surface area (Å²) in [5, 5.41) is 11.8. The van der Waals surface area contributed by atoms with Crippen LogP contribution in [0.4, 0.5) is 0 Å². The molecule has 0 aliphatic carbocycles. The van der Waals surface area contributed by atoms with Crippen LogP contribution in [0, 0.1) is 0 Å². The highest BCUT2D eigenvalue weighted by Crippen LogP contribution is 1.92. The molecule has 0 unspecified atom stereocenters.